The maximum absolute atomic E-state index is 12.5. The monoisotopic (exact) mass is 398 g/mol. The van der Waals surface area contributed by atoms with Crippen molar-refractivity contribution in [3.05, 3.63) is 23.8 Å². The number of hydrogen-bond acceptors (Lipinski definition) is 4. The van der Waals surface area contributed by atoms with Gasteiger partial charge in [0.05, 0.1) is 6.61 Å². The number of rotatable bonds is 8. The Morgan fingerprint density at radius 3 is 2.79 bits per heavy atom. The summed E-state index contributed by atoms with van der Waals surface area (Å²) in [6, 6.07) is 4.97. The minimum absolute atomic E-state index is 0.00902. The quantitative estimate of drug-likeness (QED) is 0.519. The highest BCUT2D eigenvalue weighted by Gasteiger charge is 2.25. The van der Waals surface area contributed by atoms with E-state index in [4.69, 9.17) is 4.74 Å². The van der Waals surface area contributed by atoms with Crippen LogP contribution in [0.3, 0.4) is 0 Å². The highest BCUT2D eigenvalue weighted by atomic mass is 19.3. The Morgan fingerprint density at radius 1 is 1.36 bits per heavy atom. The first-order valence-electron chi connectivity index (χ1n) is 9.42. The van der Waals surface area contributed by atoms with Gasteiger partial charge in [0.1, 0.15) is 0 Å². The van der Waals surface area contributed by atoms with Crippen LogP contribution in [-0.4, -0.2) is 56.2 Å². The summed E-state index contributed by atoms with van der Waals surface area (Å²) in [5.74, 6) is 1.05. The topological polar surface area (TPSA) is 75.2 Å². The first-order valence-corrected chi connectivity index (χ1v) is 9.42. The van der Waals surface area contributed by atoms with Gasteiger partial charge in [-0.15, -0.1) is 0 Å². The van der Waals surface area contributed by atoms with Gasteiger partial charge in [-0.3, -0.25) is 9.79 Å². The predicted molar refractivity (Wildman–Crippen MR) is 103 cm³/mol. The van der Waals surface area contributed by atoms with Crippen molar-refractivity contribution in [2.24, 2.45) is 4.99 Å². The van der Waals surface area contributed by atoms with Crippen LogP contribution in [0, 0.1) is 0 Å². The van der Waals surface area contributed by atoms with Crippen LogP contribution >= 0.6 is 0 Å². The Kier molecular flexibility index (Phi) is 8.28. The average molecular weight is 398 g/mol. The van der Waals surface area contributed by atoms with Crippen LogP contribution in [-0.2, 0) is 11.3 Å². The van der Waals surface area contributed by atoms with Gasteiger partial charge in [0, 0.05) is 39.1 Å². The third-order valence-electron chi connectivity index (χ3n) is 4.39. The second kappa shape index (κ2) is 10.7. The Labute approximate surface area is 164 Å². The Bertz CT molecular complexity index is 685. The number of alkyl halides is 2. The van der Waals surface area contributed by atoms with Crippen LogP contribution in [0.2, 0.25) is 0 Å². The van der Waals surface area contributed by atoms with Gasteiger partial charge in [-0.25, -0.2) is 0 Å². The molecular weight excluding hydrogens is 370 g/mol. The standard InChI is InChI=1S/C19H28F2N4O3/c1-4-17(26)25-9-8-14(12-25)24-19(22-3)23-11-13-6-7-15(28-18(20)21)16(10-13)27-5-2/h6-7,10,14,18H,4-5,8-9,11-12H2,1-3H3,(H2,22,23,24). The van der Waals surface area contributed by atoms with E-state index in [0.29, 0.717) is 32.1 Å². The normalized spacial score (nSPS) is 17.0. The molecule has 1 unspecified atom stereocenters. The lowest BCUT2D eigenvalue weighted by Crippen LogP contribution is -2.44. The van der Waals surface area contributed by atoms with Crippen molar-refractivity contribution >= 4 is 11.9 Å². The largest absolute Gasteiger partial charge is 0.490 e. The van der Waals surface area contributed by atoms with Crippen LogP contribution in [0.1, 0.15) is 32.3 Å². The van der Waals surface area contributed by atoms with Crippen LogP contribution in [0.25, 0.3) is 0 Å². The molecule has 1 aromatic rings. The Balaban J connectivity index is 1.92. The highest BCUT2D eigenvalue weighted by molar-refractivity contribution is 5.80. The maximum Gasteiger partial charge on any atom is 0.387 e. The van der Waals surface area contributed by atoms with Crippen molar-refractivity contribution in [1.82, 2.24) is 15.5 Å². The van der Waals surface area contributed by atoms with Crippen LogP contribution in [0.4, 0.5) is 8.78 Å². The molecule has 28 heavy (non-hydrogen) atoms. The molecule has 0 spiro atoms. The number of ether oxygens (including phenoxy) is 2. The number of carbonyl (C=O) groups is 1. The van der Waals surface area contributed by atoms with Gasteiger partial charge in [-0.2, -0.15) is 8.78 Å². The molecule has 2 N–H and O–H groups in total. The number of nitrogens with one attached hydrogen (secondary N) is 2. The Morgan fingerprint density at radius 2 is 2.14 bits per heavy atom. The fourth-order valence-corrected chi connectivity index (χ4v) is 3.03. The number of carbonyl (C=O) groups excluding carboxylic acids is 1. The molecule has 1 fully saturated rings. The summed E-state index contributed by atoms with van der Waals surface area (Å²) in [6.07, 6.45) is 1.37. The SMILES string of the molecule is CCOc1cc(CNC(=NC)NC2CCN(C(=O)CC)C2)ccc1OC(F)F. The van der Waals surface area contributed by atoms with E-state index in [0.717, 1.165) is 18.5 Å². The molecule has 0 bridgehead atoms. The fraction of sp³-hybridized carbons (Fsp3) is 0.579. The maximum atomic E-state index is 12.5. The minimum atomic E-state index is -2.91. The molecule has 1 aromatic carbocycles. The van der Waals surface area contributed by atoms with E-state index >= 15 is 0 Å². The van der Waals surface area contributed by atoms with Crippen LogP contribution in [0.5, 0.6) is 11.5 Å². The highest BCUT2D eigenvalue weighted by Crippen LogP contribution is 2.29. The molecule has 1 amide bonds. The third kappa shape index (κ3) is 6.24. The molecule has 0 radical (unpaired) electrons. The summed E-state index contributed by atoms with van der Waals surface area (Å²) in [7, 11) is 1.67. The zero-order chi connectivity index (χ0) is 20.5. The van der Waals surface area contributed by atoms with E-state index in [1.165, 1.54) is 6.07 Å². The van der Waals surface area contributed by atoms with Crippen molar-refractivity contribution in [2.45, 2.75) is 45.9 Å². The van der Waals surface area contributed by atoms with Crippen molar-refractivity contribution in [3.63, 3.8) is 0 Å². The summed E-state index contributed by atoms with van der Waals surface area (Å²) in [4.78, 5) is 17.8. The molecule has 9 heteroatoms. The lowest BCUT2D eigenvalue weighted by molar-refractivity contribution is -0.129. The van der Waals surface area contributed by atoms with E-state index < -0.39 is 6.61 Å². The lowest BCUT2D eigenvalue weighted by atomic mass is 10.2. The molecule has 1 aliphatic heterocycles. The van der Waals surface area contributed by atoms with Gasteiger partial charge in [-0.05, 0) is 31.0 Å². The van der Waals surface area contributed by atoms with E-state index in [2.05, 4.69) is 20.4 Å². The fourth-order valence-electron chi connectivity index (χ4n) is 3.03. The van der Waals surface area contributed by atoms with Gasteiger partial charge < -0.3 is 25.0 Å². The summed E-state index contributed by atoms with van der Waals surface area (Å²) in [5.41, 5.74) is 0.835. The predicted octanol–water partition coefficient (Wildman–Crippen LogP) is 2.36. The smallest absolute Gasteiger partial charge is 0.387 e. The van der Waals surface area contributed by atoms with E-state index in [1.807, 2.05) is 11.8 Å². The number of benzene rings is 1. The first kappa shape index (κ1) is 21.7. The molecule has 0 aliphatic carbocycles. The number of likely N-dealkylation sites (tertiary alicyclic amines) is 1. The molecule has 1 aliphatic rings. The number of guanidine groups is 1. The molecule has 0 saturated carbocycles. The molecule has 7 nitrogen and oxygen atoms in total. The van der Waals surface area contributed by atoms with Crippen LogP contribution < -0.4 is 20.1 Å². The molecule has 2 rings (SSSR count). The first-order chi connectivity index (χ1) is 13.5. The van der Waals surface area contributed by atoms with Crippen molar-refractivity contribution in [1.29, 1.82) is 0 Å². The van der Waals surface area contributed by atoms with Gasteiger partial charge >= 0.3 is 6.61 Å². The zero-order valence-corrected chi connectivity index (χ0v) is 16.5. The summed E-state index contributed by atoms with van der Waals surface area (Å²) in [5, 5.41) is 6.50. The zero-order valence-electron chi connectivity index (χ0n) is 16.5. The third-order valence-corrected chi connectivity index (χ3v) is 4.39. The molecular formula is C19H28F2N4O3. The van der Waals surface area contributed by atoms with E-state index in [9.17, 15) is 13.6 Å². The molecule has 0 aromatic heterocycles. The van der Waals surface area contributed by atoms with Gasteiger partial charge in [-0.1, -0.05) is 13.0 Å². The van der Waals surface area contributed by atoms with Crippen molar-refractivity contribution in [3.8, 4) is 11.5 Å². The van der Waals surface area contributed by atoms with Crippen molar-refractivity contribution in [2.75, 3.05) is 26.7 Å². The minimum Gasteiger partial charge on any atom is -0.490 e. The number of amides is 1. The second-order valence-electron chi connectivity index (χ2n) is 6.34. The Hall–Kier alpha value is -2.58. The number of aliphatic imine (C=N–C) groups is 1. The second-order valence-corrected chi connectivity index (χ2v) is 6.34. The van der Waals surface area contributed by atoms with Gasteiger partial charge in [0.15, 0.2) is 17.5 Å². The molecule has 156 valence electrons. The van der Waals surface area contributed by atoms with E-state index in [1.54, 1.807) is 26.1 Å². The molecule has 1 saturated heterocycles. The number of hydrogen-bond donors (Lipinski definition) is 2. The van der Waals surface area contributed by atoms with E-state index in [-0.39, 0.29) is 23.4 Å². The summed E-state index contributed by atoms with van der Waals surface area (Å²) in [6.45, 7) is 2.89. The number of halogens is 2. The van der Waals surface area contributed by atoms with Crippen LogP contribution in [0.15, 0.2) is 23.2 Å². The average Bonchev–Trinajstić information content (AvgIpc) is 3.14. The van der Waals surface area contributed by atoms with Gasteiger partial charge in [0.2, 0.25) is 5.91 Å². The lowest BCUT2D eigenvalue weighted by Gasteiger charge is -2.19. The molecule has 1 heterocycles. The summed E-state index contributed by atoms with van der Waals surface area (Å²) < 4.78 is 34.9. The summed E-state index contributed by atoms with van der Waals surface area (Å²) >= 11 is 0. The molecule has 1 atom stereocenters. The van der Waals surface area contributed by atoms with Gasteiger partial charge in [0.25, 0.3) is 0 Å². The van der Waals surface area contributed by atoms with Crippen molar-refractivity contribution < 1.29 is 23.0 Å². The number of nitrogens with zero attached hydrogens (tertiary/aromatic N) is 2.